The molecule has 0 radical (unpaired) electrons. The zero-order valence-electron chi connectivity index (χ0n) is 14.8. The summed E-state index contributed by atoms with van der Waals surface area (Å²) in [6.45, 7) is 4.65. The molecule has 0 unspecified atom stereocenters. The van der Waals surface area contributed by atoms with Gasteiger partial charge in [0, 0.05) is 7.05 Å². The van der Waals surface area contributed by atoms with Gasteiger partial charge in [0.1, 0.15) is 11.6 Å². The van der Waals surface area contributed by atoms with E-state index in [0.717, 1.165) is 16.9 Å². The quantitative estimate of drug-likeness (QED) is 0.750. The van der Waals surface area contributed by atoms with Gasteiger partial charge in [0.15, 0.2) is 6.61 Å². The number of aromatic nitrogens is 2. The van der Waals surface area contributed by atoms with Crippen LogP contribution in [-0.4, -0.2) is 22.1 Å². The minimum atomic E-state index is -0.167. The average Bonchev–Trinajstić information content (AvgIpc) is 2.95. The highest BCUT2D eigenvalue weighted by Crippen LogP contribution is 2.18. The van der Waals surface area contributed by atoms with Crippen LogP contribution in [0.15, 0.2) is 48.5 Å². The molecule has 1 amide bonds. The SMILES string of the molecule is CC(C)c1ccc(OCC(=O)NCc2nc3ccccc3n2C)cc1. The first-order chi connectivity index (χ1) is 12.0. The van der Waals surface area contributed by atoms with Crippen molar-refractivity contribution in [3.63, 3.8) is 0 Å². The number of carbonyl (C=O) groups is 1. The third kappa shape index (κ3) is 3.99. The van der Waals surface area contributed by atoms with Gasteiger partial charge in [0.05, 0.1) is 17.6 Å². The van der Waals surface area contributed by atoms with Gasteiger partial charge in [0.25, 0.3) is 5.91 Å². The van der Waals surface area contributed by atoms with Crippen LogP contribution >= 0.6 is 0 Å². The summed E-state index contributed by atoms with van der Waals surface area (Å²) < 4.78 is 7.53. The fourth-order valence-corrected chi connectivity index (χ4v) is 2.68. The molecule has 0 aliphatic heterocycles. The van der Waals surface area contributed by atoms with Gasteiger partial charge >= 0.3 is 0 Å². The lowest BCUT2D eigenvalue weighted by Gasteiger charge is -2.09. The van der Waals surface area contributed by atoms with Gasteiger partial charge in [-0.1, -0.05) is 38.1 Å². The van der Waals surface area contributed by atoms with Crippen molar-refractivity contribution in [1.82, 2.24) is 14.9 Å². The number of benzene rings is 2. The minimum Gasteiger partial charge on any atom is -0.484 e. The molecule has 0 bridgehead atoms. The second-order valence-electron chi connectivity index (χ2n) is 6.36. The summed E-state index contributed by atoms with van der Waals surface area (Å²) >= 11 is 0. The molecule has 0 saturated carbocycles. The molecule has 2 aromatic carbocycles. The van der Waals surface area contributed by atoms with E-state index in [1.54, 1.807) is 0 Å². The van der Waals surface area contributed by atoms with Crippen LogP contribution in [0.4, 0.5) is 0 Å². The zero-order valence-corrected chi connectivity index (χ0v) is 14.8. The Hall–Kier alpha value is -2.82. The fraction of sp³-hybridized carbons (Fsp3) is 0.300. The molecule has 1 aromatic heterocycles. The maximum Gasteiger partial charge on any atom is 0.258 e. The van der Waals surface area contributed by atoms with Crippen LogP contribution < -0.4 is 10.1 Å². The first kappa shape index (κ1) is 17.0. The molecule has 5 nitrogen and oxygen atoms in total. The van der Waals surface area contributed by atoms with E-state index in [-0.39, 0.29) is 12.5 Å². The number of hydrogen-bond donors (Lipinski definition) is 1. The normalized spacial score (nSPS) is 11.0. The molecule has 1 N–H and O–H groups in total. The Morgan fingerprint density at radius 3 is 2.56 bits per heavy atom. The van der Waals surface area contributed by atoms with Gasteiger partial charge in [-0.2, -0.15) is 0 Å². The maximum absolute atomic E-state index is 12.0. The Labute approximate surface area is 147 Å². The van der Waals surface area contributed by atoms with Gasteiger partial charge in [0.2, 0.25) is 0 Å². The van der Waals surface area contributed by atoms with Crippen molar-refractivity contribution in [1.29, 1.82) is 0 Å². The summed E-state index contributed by atoms with van der Waals surface area (Å²) in [6, 6.07) is 15.7. The summed E-state index contributed by atoms with van der Waals surface area (Å²) in [5, 5.41) is 2.85. The third-order valence-electron chi connectivity index (χ3n) is 4.24. The molecule has 25 heavy (non-hydrogen) atoms. The summed E-state index contributed by atoms with van der Waals surface area (Å²) in [7, 11) is 1.95. The van der Waals surface area contributed by atoms with Crippen molar-refractivity contribution in [3.05, 3.63) is 59.9 Å². The van der Waals surface area contributed by atoms with Crippen LogP contribution in [0, 0.1) is 0 Å². The van der Waals surface area contributed by atoms with Crippen molar-refractivity contribution >= 4 is 16.9 Å². The molecule has 0 spiro atoms. The molecule has 1 heterocycles. The van der Waals surface area contributed by atoms with Crippen molar-refractivity contribution in [2.45, 2.75) is 26.3 Å². The molecule has 0 atom stereocenters. The lowest BCUT2D eigenvalue weighted by atomic mass is 10.0. The highest BCUT2D eigenvalue weighted by Gasteiger charge is 2.09. The highest BCUT2D eigenvalue weighted by atomic mass is 16.5. The van der Waals surface area contributed by atoms with Gasteiger partial charge in [-0.25, -0.2) is 4.98 Å². The largest absolute Gasteiger partial charge is 0.484 e. The zero-order chi connectivity index (χ0) is 17.8. The van der Waals surface area contributed by atoms with Crippen LogP contribution in [0.5, 0.6) is 5.75 Å². The summed E-state index contributed by atoms with van der Waals surface area (Å²) in [5.41, 5.74) is 3.22. The summed E-state index contributed by atoms with van der Waals surface area (Å²) in [6.07, 6.45) is 0. The average molecular weight is 337 g/mol. The predicted octanol–water partition coefficient (Wildman–Crippen LogP) is 3.39. The molecule has 0 aliphatic carbocycles. The predicted molar refractivity (Wildman–Crippen MR) is 98.6 cm³/mol. The van der Waals surface area contributed by atoms with E-state index in [1.165, 1.54) is 5.56 Å². The van der Waals surface area contributed by atoms with Crippen LogP contribution in [-0.2, 0) is 18.4 Å². The molecule has 0 saturated heterocycles. The maximum atomic E-state index is 12.0. The number of nitrogens with one attached hydrogen (secondary N) is 1. The van der Waals surface area contributed by atoms with Crippen molar-refractivity contribution in [3.8, 4) is 5.75 Å². The molecule has 3 rings (SSSR count). The molecular weight excluding hydrogens is 314 g/mol. The van der Waals surface area contributed by atoms with Crippen LogP contribution in [0.2, 0.25) is 0 Å². The van der Waals surface area contributed by atoms with Gasteiger partial charge < -0.3 is 14.6 Å². The van der Waals surface area contributed by atoms with Crippen LogP contribution in [0.25, 0.3) is 11.0 Å². The van der Waals surface area contributed by atoms with Gasteiger partial charge in [-0.05, 0) is 35.7 Å². The Balaban J connectivity index is 1.53. The number of hydrogen-bond acceptors (Lipinski definition) is 3. The topological polar surface area (TPSA) is 56.1 Å². The number of imidazole rings is 1. The van der Waals surface area contributed by atoms with Gasteiger partial charge in [-0.3, -0.25) is 4.79 Å². The summed E-state index contributed by atoms with van der Waals surface area (Å²) in [4.78, 5) is 16.6. The third-order valence-corrected chi connectivity index (χ3v) is 4.24. The second kappa shape index (κ2) is 7.38. The van der Waals surface area contributed by atoms with Crippen LogP contribution in [0.1, 0.15) is 31.2 Å². The highest BCUT2D eigenvalue weighted by molar-refractivity contribution is 5.78. The minimum absolute atomic E-state index is 0.00896. The Morgan fingerprint density at radius 2 is 1.88 bits per heavy atom. The molecule has 0 aliphatic rings. The first-order valence-corrected chi connectivity index (χ1v) is 8.44. The first-order valence-electron chi connectivity index (χ1n) is 8.44. The van der Waals surface area contributed by atoms with E-state index in [4.69, 9.17) is 4.74 Å². The van der Waals surface area contributed by atoms with Crippen LogP contribution in [0.3, 0.4) is 0 Å². The monoisotopic (exact) mass is 337 g/mol. The number of carbonyl (C=O) groups excluding carboxylic acids is 1. The lowest BCUT2D eigenvalue weighted by Crippen LogP contribution is -2.29. The smallest absolute Gasteiger partial charge is 0.258 e. The molecule has 0 fully saturated rings. The number of amides is 1. The Morgan fingerprint density at radius 1 is 1.16 bits per heavy atom. The van der Waals surface area contributed by atoms with Crippen molar-refractivity contribution in [2.75, 3.05) is 6.61 Å². The van der Waals surface area contributed by atoms with E-state index in [1.807, 2.05) is 60.1 Å². The number of fused-ring (bicyclic) bond motifs is 1. The lowest BCUT2D eigenvalue weighted by molar-refractivity contribution is -0.123. The number of rotatable bonds is 6. The molecule has 3 aromatic rings. The molecule has 130 valence electrons. The second-order valence-corrected chi connectivity index (χ2v) is 6.36. The molecule has 5 heteroatoms. The Kier molecular flexibility index (Phi) is 5.03. The number of nitrogens with zero attached hydrogens (tertiary/aromatic N) is 2. The standard InChI is InChI=1S/C20H23N3O2/c1-14(2)15-8-10-16(11-9-15)25-13-20(24)21-12-19-22-17-6-4-5-7-18(17)23(19)3/h4-11,14H,12-13H2,1-3H3,(H,21,24). The summed E-state index contributed by atoms with van der Waals surface area (Å²) in [5.74, 6) is 1.82. The number of aryl methyl sites for hydroxylation is 1. The van der Waals surface area contributed by atoms with E-state index in [0.29, 0.717) is 18.2 Å². The van der Waals surface area contributed by atoms with Gasteiger partial charge in [-0.15, -0.1) is 0 Å². The van der Waals surface area contributed by atoms with Crippen molar-refractivity contribution < 1.29 is 9.53 Å². The van der Waals surface area contributed by atoms with Crippen molar-refractivity contribution in [2.24, 2.45) is 7.05 Å². The fourth-order valence-electron chi connectivity index (χ4n) is 2.68. The van der Waals surface area contributed by atoms with E-state index < -0.39 is 0 Å². The molecular formula is C20H23N3O2. The Bertz CT molecular complexity index is 866. The number of para-hydroxylation sites is 2. The number of ether oxygens (including phenoxy) is 1. The van der Waals surface area contributed by atoms with E-state index in [9.17, 15) is 4.79 Å². The van der Waals surface area contributed by atoms with E-state index >= 15 is 0 Å². The van der Waals surface area contributed by atoms with E-state index in [2.05, 4.69) is 24.1 Å².